The first-order chi connectivity index (χ1) is 15.7. The standard InChI is InChI=1S/C24H21BrN4O4.ClH/c1-15-12-16(2)24(17(3)13-15)22(10-6-18-4-7-19(25)8-5-18)27-26-21-11-9-20(28(30)31)14-23(21)29(32)33;/h4-14,26H,1-3H3;1H/b10-6+,27-22-;. The molecule has 176 valence electrons. The van der Waals surface area contributed by atoms with Crippen molar-refractivity contribution < 1.29 is 27.4 Å². The van der Waals surface area contributed by atoms with Gasteiger partial charge in [-0.15, -0.1) is 5.10 Å². The van der Waals surface area contributed by atoms with Gasteiger partial charge in [0.05, 0.1) is 21.5 Å². The van der Waals surface area contributed by atoms with E-state index in [-0.39, 0.29) is 23.8 Å². The molecular weight excluding hydrogens is 524 g/mol. The number of rotatable bonds is 7. The molecule has 0 unspecified atom stereocenters. The largest absolute Gasteiger partial charge is 1.00 e. The summed E-state index contributed by atoms with van der Waals surface area (Å²) in [5.41, 5.74) is 8.05. The molecule has 0 aromatic heterocycles. The number of nitrogens with zero attached hydrogens (tertiary/aromatic N) is 2. The maximum absolute atomic E-state index is 11.5. The van der Waals surface area contributed by atoms with Crippen molar-refractivity contribution in [2.75, 3.05) is 5.43 Å². The number of nitrogens with one attached hydrogen (secondary N) is 2. The highest BCUT2D eigenvalue weighted by Gasteiger charge is 2.21. The number of non-ortho nitro benzene ring substituents is 1. The van der Waals surface area contributed by atoms with Crippen LogP contribution in [0, 0.1) is 41.0 Å². The first-order valence-corrected chi connectivity index (χ1v) is 10.8. The van der Waals surface area contributed by atoms with Gasteiger partial charge in [0.25, 0.3) is 5.69 Å². The van der Waals surface area contributed by atoms with E-state index < -0.39 is 15.5 Å². The van der Waals surface area contributed by atoms with Crippen LogP contribution in [0.1, 0.15) is 27.8 Å². The summed E-state index contributed by atoms with van der Waals surface area (Å²) in [5, 5.41) is 25.6. The topological polar surface area (TPSA) is 112 Å². The summed E-state index contributed by atoms with van der Waals surface area (Å²) in [7, 11) is 0. The van der Waals surface area contributed by atoms with Crippen molar-refractivity contribution in [3.8, 4) is 0 Å². The highest BCUT2D eigenvalue weighted by atomic mass is 79.9. The number of nitro benzene ring substituents is 2. The molecule has 34 heavy (non-hydrogen) atoms. The van der Waals surface area contributed by atoms with Crippen molar-refractivity contribution in [1.29, 1.82) is 0 Å². The van der Waals surface area contributed by atoms with Crippen LogP contribution in [-0.2, 0) is 0 Å². The maximum Gasteiger partial charge on any atom is 0.304 e. The van der Waals surface area contributed by atoms with Gasteiger partial charge >= 0.3 is 5.69 Å². The van der Waals surface area contributed by atoms with E-state index in [1.54, 1.807) is 0 Å². The molecule has 0 bridgehead atoms. The normalized spacial score (nSPS) is 11.2. The molecule has 0 spiro atoms. The molecule has 2 N–H and O–H groups in total. The Morgan fingerprint density at radius 2 is 1.56 bits per heavy atom. The summed E-state index contributed by atoms with van der Waals surface area (Å²) < 4.78 is 0.972. The van der Waals surface area contributed by atoms with Crippen molar-refractivity contribution in [2.24, 2.45) is 0 Å². The van der Waals surface area contributed by atoms with Crippen LogP contribution >= 0.6 is 15.9 Å². The minimum absolute atomic E-state index is 0. The third-order valence-electron chi connectivity index (χ3n) is 4.98. The van der Waals surface area contributed by atoms with E-state index in [9.17, 15) is 20.2 Å². The van der Waals surface area contributed by atoms with Crippen molar-refractivity contribution in [3.05, 3.63) is 113 Å². The van der Waals surface area contributed by atoms with Crippen LogP contribution in [0.5, 0.6) is 0 Å². The van der Waals surface area contributed by atoms with Crippen molar-refractivity contribution in [1.82, 2.24) is 0 Å². The van der Waals surface area contributed by atoms with E-state index in [1.165, 1.54) is 12.1 Å². The Morgan fingerprint density at radius 3 is 2.12 bits per heavy atom. The molecule has 0 aliphatic rings. The van der Waals surface area contributed by atoms with Gasteiger partial charge in [-0.2, -0.15) is 5.43 Å². The van der Waals surface area contributed by atoms with Gasteiger partial charge in [0.15, 0.2) is 5.69 Å². The third kappa shape index (κ3) is 6.49. The molecular formula is C24H22BrClN4O4. The second kappa shape index (κ2) is 11.5. The number of hydrogen-bond donors (Lipinski definition) is 2. The predicted octanol–water partition coefficient (Wildman–Crippen LogP) is 1.80. The Morgan fingerprint density at radius 1 is 0.941 bits per heavy atom. The summed E-state index contributed by atoms with van der Waals surface area (Å²) >= 11 is 3.42. The van der Waals surface area contributed by atoms with Gasteiger partial charge in [0, 0.05) is 16.6 Å². The van der Waals surface area contributed by atoms with Crippen LogP contribution < -0.4 is 22.9 Å². The Kier molecular flexibility index (Phi) is 9.05. The fourth-order valence-electron chi connectivity index (χ4n) is 3.57. The Labute approximate surface area is 211 Å². The second-order valence-electron chi connectivity index (χ2n) is 7.54. The lowest BCUT2D eigenvalue weighted by atomic mass is 9.95. The van der Waals surface area contributed by atoms with Crippen LogP contribution in [-0.4, -0.2) is 15.6 Å². The quantitative estimate of drug-likeness (QED) is 0.267. The van der Waals surface area contributed by atoms with Gasteiger partial charge in [-0.3, -0.25) is 20.2 Å². The fourth-order valence-corrected chi connectivity index (χ4v) is 3.84. The van der Waals surface area contributed by atoms with Gasteiger partial charge in [-0.05, 0) is 61.7 Å². The van der Waals surface area contributed by atoms with Crippen LogP contribution in [0.2, 0.25) is 0 Å². The minimum atomic E-state index is -0.665. The van der Waals surface area contributed by atoms with E-state index in [1.807, 2.05) is 57.2 Å². The molecule has 0 aliphatic carbocycles. The van der Waals surface area contributed by atoms with Crippen LogP contribution in [0.4, 0.5) is 17.1 Å². The summed E-state index contributed by atoms with van der Waals surface area (Å²) in [6, 6.07) is 15.4. The molecule has 0 aliphatic heterocycles. The molecule has 3 aromatic carbocycles. The van der Waals surface area contributed by atoms with Gasteiger partial charge < -0.3 is 12.4 Å². The lowest BCUT2D eigenvalue weighted by Crippen LogP contribution is -3.00. The summed E-state index contributed by atoms with van der Waals surface area (Å²) in [6.45, 7) is 6.02. The first-order valence-electron chi connectivity index (χ1n) is 9.99. The van der Waals surface area contributed by atoms with E-state index in [0.717, 1.165) is 38.4 Å². The lowest BCUT2D eigenvalue weighted by Gasteiger charge is -2.08. The van der Waals surface area contributed by atoms with Crippen molar-refractivity contribution in [2.45, 2.75) is 20.8 Å². The highest BCUT2D eigenvalue weighted by molar-refractivity contribution is 9.10. The summed E-state index contributed by atoms with van der Waals surface area (Å²) in [5.74, 6) is 0. The molecule has 10 heteroatoms. The van der Waals surface area contributed by atoms with Gasteiger partial charge in [0.1, 0.15) is 0 Å². The molecule has 3 aromatic rings. The van der Waals surface area contributed by atoms with Crippen molar-refractivity contribution >= 4 is 44.8 Å². The molecule has 0 atom stereocenters. The number of allylic oxidation sites excluding steroid dienone is 1. The first kappa shape index (κ1) is 26.7. The molecule has 0 heterocycles. The number of anilines is 1. The Bertz CT molecular complexity index is 1270. The Balaban J connectivity index is 0.00000408. The fraction of sp³-hybridized carbons (Fsp3) is 0.125. The number of hydrazone groups is 1. The van der Waals surface area contributed by atoms with E-state index >= 15 is 0 Å². The van der Waals surface area contributed by atoms with E-state index in [2.05, 4.69) is 38.6 Å². The SMILES string of the molecule is Cc1cc(C)c(C(/C=C/c2ccc(Br)cc2)=[NH+]\Nc2ccc([N+](=O)[O-])cc2[N+](=O)[O-])c(C)c1.[Cl-]. The zero-order chi connectivity index (χ0) is 24.1. The van der Waals surface area contributed by atoms with E-state index in [4.69, 9.17) is 0 Å². The number of hydrazine groups is 1. The molecule has 3 rings (SSSR count). The number of halogens is 2. The predicted molar refractivity (Wildman–Crippen MR) is 132 cm³/mol. The number of hydrogen-bond acceptors (Lipinski definition) is 5. The van der Waals surface area contributed by atoms with Crippen LogP contribution in [0.3, 0.4) is 0 Å². The number of nitro groups is 2. The summed E-state index contributed by atoms with van der Waals surface area (Å²) in [4.78, 5) is 21.2. The zero-order valence-corrected chi connectivity index (χ0v) is 21.0. The van der Waals surface area contributed by atoms with Crippen molar-refractivity contribution in [3.63, 3.8) is 0 Å². The van der Waals surface area contributed by atoms with Gasteiger partial charge in [-0.1, -0.05) is 45.8 Å². The maximum atomic E-state index is 11.5. The highest BCUT2D eigenvalue weighted by Crippen LogP contribution is 2.27. The molecule has 0 radical (unpaired) electrons. The van der Waals surface area contributed by atoms with Gasteiger partial charge in [0.2, 0.25) is 5.71 Å². The average molecular weight is 546 g/mol. The smallest absolute Gasteiger partial charge is 0.304 e. The lowest BCUT2D eigenvalue weighted by molar-refractivity contribution is -0.421. The molecule has 0 fully saturated rings. The summed E-state index contributed by atoms with van der Waals surface area (Å²) in [6.07, 6.45) is 3.82. The number of benzene rings is 3. The van der Waals surface area contributed by atoms with Gasteiger partial charge in [-0.25, -0.2) is 0 Å². The Hall–Kier alpha value is -3.56. The minimum Gasteiger partial charge on any atom is -1.00 e. The second-order valence-corrected chi connectivity index (χ2v) is 8.45. The third-order valence-corrected chi connectivity index (χ3v) is 5.51. The molecule has 0 saturated carbocycles. The van der Waals surface area contributed by atoms with Crippen LogP contribution in [0.15, 0.2) is 65.1 Å². The van der Waals surface area contributed by atoms with Crippen LogP contribution in [0.25, 0.3) is 6.08 Å². The monoisotopic (exact) mass is 544 g/mol. The average Bonchev–Trinajstić information content (AvgIpc) is 2.75. The zero-order valence-electron chi connectivity index (χ0n) is 18.6. The molecule has 0 saturated heterocycles. The molecule has 8 nitrogen and oxygen atoms in total. The number of aryl methyl sites for hydroxylation is 3. The van der Waals surface area contributed by atoms with E-state index in [0.29, 0.717) is 5.71 Å². The molecule has 0 amide bonds.